The van der Waals surface area contributed by atoms with Crippen molar-refractivity contribution in [3.63, 3.8) is 0 Å². The van der Waals surface area contributed by atoms with E-state index in [4.69, 9.17) is 19.4 Å². The molecule has 0 fully saturated rings. The van der Waals surface area contributed by atoms with Crippen LogP contribution in [0.4, 0.5) is 0 Å². The lowest BCUT2D eigenvalue weighted by atomic mass is 9.80. The van der Waals surface area contributed by atoms with Gasteiger partial charge >= 0.3 is 0 Å². The van der Waals surface area contributed by atoms with E-state index in [0.29, 0.717) is 17.5 Å². The standard InChI is InChI=1S/C69H40N4O/c1-2-17-41(18-3-1)67-70-68(72-69(71-67)44-35-36-54-52-25-7-6-23-50(52)48-21-4-5-22-49(48)51-24-8-9-26-53(51)59(54)38-44)43-20-14-19-42(37-43)46-29-15-31-57-58-32-16-30-47(66(58)74-65(46)57)45-39-60-55-27-10-12-33-62(55)73-63-34-13-11-28-56(63)61(40-45)64(60)73/h1-40H. The van der Waals surface area contributed by atoms with Gasteiger partial charge in [0.1, 0.15) is 11.2 Å². The Hall–Kier alpha value is -9.97. The molecule has 342 valence electrons. The summed E-state index contributed by atoms with van der Waals surface area (Å²) < 4.78 is 9.57. The second kappa shape index (κ2) is 15.8. The predicted molar refractivity (Wildman–Crippen MR) is 304 cm³/mol. The average Bonchev–Trinajstić information content (AvgIpc) is 4.14. The maximum Gasteiger partial charge on any atom is 0.164 e. The Morgan fingerprint density at radius 3 is 1.20 bits per heavy atom. The first-order valence-corrected chi connectivity index (χ1v) is 25.2. The number of rotatable bonds is 5. The van der Waals surface area contributed by atoms with E-state index in [1.807, 2.05) is 18.2 Å². The first-order chi connectivity index (χ1) is 36.7. The molecule has 11 aromatic carbocycles. The molecule has 0 aliphatic heterocycles. The minimum atomic E-state index is 0.590. The Morgan fingerprint density at radius 2 is 0.635 bits per heavy atom. The Labute approximate surface area is 425 Å². The predicted octanol–water partition coefficient (Wildman–Crippen LogP) is 18.2. The molecule has 74 heavy (non-hydrogen) atoms. The molecule has 1 aliphatic carbocycles. The van der Waals surface area contributed by atoms with E-state index < -0.39 is 0 Å². The molecule has 0 amide bonds. The zero-order chi connectivity index (χ0) is 48.4. The van der Waals surface area contributed by atoms with Crippen LogP contribution < -0.4 is 0 Å². The summed E-state index contributed by atoms with van der Waals surface area (Å²) >= 11 is 0. The molecule has 0 unspecified atom stereocenters. The highest BCUT2D eigenvalue weighted by Crippen LogP contribution is 2.49. The van der Waals surface area contributed by atoms with Gasteiger partial charge in [-0.2, -0.15) is 0 Å². The summed E-state index contributed by atoms with van der Waals surface area (Å²) in [6.45, 7) is 0. The first-order valence-electron chi connectivity index (χ1n) is 25.2. The number of hydrogen-bond acceptors (Lipinski definition) is 4. The van der Waals surface area contributed by atoms with Crippen molar-refractivity contribution in [2.75, 3.05) is 0 Å². The van der Waals surface area contributed by atoms with E-state index in [9.17, 15) is 0 Å². The van der Waals surface area contributed by atoms with E-state index in [-0.39, 0.29) is 0 Å². The number of furan rings is 1. The lowest BCUT2D eigenvalue weighted by Crippen LogP contribution is -2.01. The molecule has 0 radical (unpaired) electrons. The van der Waals surface area contributed by atoms with E-state index in [0.717, 1.165) is 77.6 Å². The largest absolute Gasteiger partial charge is 0.455 e. The van der Waals surface area contributed by atoms with E-state index >= 15 is 0 Å². The summed E-state index contributed by atoms with van der Waals surface area (Å²) in [6.07, 6.45) is 0. The highest BCUT2D eigenvalue weighted by atomic mass is 16.3. The van der Waals surface area contributed by atoms with Gasteiger partial charge in [0.15, 0.2) is 17.5 Å². The van der Waals surface area contributed by atoms with E-state index in [1.165, 1.54) is 65.9 Å². The van der Waals surface area contributed by atoms with Gasteiger partial charge in [0.05, 0.1) is 16.6 Å². The fourth-order valence-electron chi connectivity index (χ4n) is 12.1. The molecule has 16 rings (SSSR count). The third-order valence-electron chi connectivity index (χ3n) is 15.4. The van der Waals surface area contributed by atoms with E-state index in [2.05, 4.69) is 229 Å². The smallest absolute Gasteiger partial charge is 0.164 e. The lowest BCUT2D eigenvalue weighted by molar-refractivity contribution is 0.671. The van der Waals surface area contributed by atoms with Crippen molar-refractivity contribution in [3.8, 4) is 101 Å². The van der Waals surface area contributed by atoms with Gasteiger partial charge in [0, 0.05) is 60.1 Å². The summed E-state index contributed by atoms with van der Waals surface area (Å²) in [5, 5.41) is 7.13. The zero-order valence-electron chi connectivity index (χ0n) is 39.8. The summed E-state index contributed by atoms with van der Waals surface area (Å²) in [7, 11) is 0. The summed E-state index contributed by atoms with van der Waals surface area (Å²) in [4.78, 5) is 15.7. The molecule has 0 N–H and O–H groups in total. The van der Waals surface area contributed by atoms with Crippen molar-refractivity contribution < 1.29 is 4.42 Å². The third-order valence-corrected chi connectivity index (χ3v) is 15.4. The van der Waals surface area contributed by atoms with Crippen LogP contribution in [0.25, 0.3) is 161 Å². The van der Waals surface area contributed by atoms with Gasteiger partial charge < -0.3 is 8.82 Å². The molecular formula is C69H40N4O. The molecule has 4 heterocycles. The van der Waals surface area contributed by atoms with Crippen LogP contribution >= 0.6 is 0 Å². The van der Waals surface area contributed by atoms with Crippen LogP contribution in [-0.4, -0.2) is 19.4 Å². The van der Waals surface area contributed by atoms with Crippen LogP contribution in [0.2, 0.25) is 0 Å². The van der Waals surface area contributed by atoms with Crippen LogP contribution in [0.1, 0.15) is 0 Å². The number of para-hydroxylation sites is 4. The minimum absolute atomic E-state index is 0.590. The molecule has 0 saturated heterocycles. The number of nitrogens with zero attached hydrogens (tertiary/aromatic N) is 4. The van der Waals surface area contributed by atoms with Crippen LogP contribution in [0.5, 0.6) is 0 Å². The van der Waals surface area contributed by atoms with Gasteiger partial charge in [-0.05, 0) is 92.0 Å². The fourth-order valence-corrected chi connectivity index (χ4v) is 12.1. The topological polar surface area (TPSA) is 56.2 Å². The highest BCUT2D eigenvalue weighted by molar-refractivity contribution is 6.25. The average molecular weight is 941 g/mol. The molecule has 5 heteroatoms. The van der Waals surface area contributed by atoms with Crippen LogP contribution in [0, 0.1) is 0 Å². The fraction of sp³-hybridized carbons (Fsp3) is 0. The van der Waals surface area contributed by atoms with Crippen molar-refractivity contribution in [1.82, 2.24) is 19.4 Å². The second-order valence-corrected chi connectivity index (χ2v) is 19.4. The number of fused-ring (bicyclic) bond motifs is 17. The summed E-state index contributed by atoms with van der Waals surface area (Å²) in [5.74, 6) is 1.80. The summed E-state index contributed by atoms with van der Waals surface area (Å²) in [5.41, 5.74) is 21.8. The van der Waals surface area contributed by atoms with Crippen molar-refractivity contribution in [1.29, 1.82) is 0 Å². The molecule has 0 saturated carbocycles. The van der Waals surface area contributed by atoms with Crippen molar-refractivity contribution >= 4 is 60.0 Å². The van der Waals surface area contributed by atoms with Crippen molar-refractivity contribution in [2.45, 2.75) is 0 Å². The Morgan fingerprint density at radius 1 is 0.243 bits per heavy atom. The third kappa shape index (κ3) is 6.01. The highest BCUT2D eigenvalue weighted by Gasteiger charge is 2.25. The van der Waals surface area contributed by atoms with E-state index in [1.54, 1.807) is 0 Å². The number of aromatic nitrogens is 4. The number of benzene rings is 11. The van der Waals surface area contributed by atoms with Crippen LogP contribution in [-0.2, 0) is 0 Å². The maximum atomic E-state index is 7.14. The van der Waals surface area contributed by atoms with Crippen molar-refractivity contribution in [3.05, 3.63) is 243 Å². The van der Waals surface area contributed by atoms with Gasteiger partial charge in [-0.15, -0.1) is 0 Å². The lowest BCUT2D eigenvalue weighted by Gasteiger charge is -2.23. The Balaban J connectivity index is 0.844. The quantitative estimate of drug-likeness (QED) is 0.173. The molecule has 15 aromatic rings. The minimum Gasteiger partial charge on any atom is -0.455 e. The van der Waals surface area contributed by atoms with Crippen LogP contribution in [0.15, 0.2) is 247 Å². The molecular weight excluding hydrogens is 901 g/mol. The first kappa shape index (κ1) is 40.7. The van der Waals surface area contributed by atoms with Gasteiger partial charge in [-0.25, -0.2) is 15.0 Å². The molecule has 0 atom stereocenters. The molecule has 0 spiro atoms. The zero-order valence-corrected chi connectivity index (χ0v) is 39.8. The van der Waals surface area contributed by atoms with Gasteiger partial charge in [-0.1, -0.05) is 206 Å². The Kier molecular flexibility index (Phi) is 8.68. The second-order valence-electron chi connectivity index (χ2n) is 19.4. The monoisotopic (exact) mass is 940 g/mol. The van der Waals surface area contributed by atoms with Gasteiger partial charge in [0.2, 0.25) is 0 Å². The Bertz CT molecular complexity index is 4700. The normalized spacial score (nSPS) is 12.1. The molecule has 1 aliphatic rings. The van der Waals surface area contributed by atoms with Gasteiger partial charge in [0.25, 0.3) is 0 Å². The summed E-state index contributed by atoms with van der Waals surface area (Å²) in [6, 6.07) is 86.8. The molecule has 4 aromatic heterocycles. The number of hydrogen-bond donors (Lipinski definition) is 0. The van der Waals surface area contributed by atoms with Crippen molar-refractivity contribution in [2.24, 2.45) is 0 Å². The van der Waals surface area contributed by atoms with Gasteiger partial charge in [-0.3, -0.25) is 0 Å². The van der Waals surface area contributed by atoms with Crippen LogP contribution in [0.3, 0.4) is 0 Å². The molecule has 5 nitrogen and oxygen atoms in total. The molecule has 0 bridgehead atoms. The SMILES string of the molecule is c1ccc(-c2nc(-c3cccc(-c4cccc5c4oc4c(-c6cc7c8ccccc8n8c9ccccc9c(c6)c78)cccc45)c3)nc(-c3ccc4c(c3)-c3ccccc3-c3ccccc3-c3ccccc3-4)n2)cc1. The maximum absolute atomic E-state index is 7.14.